The number of aliphatic hydroxyl groups is 2. The SMILES string of the molecule is COc1cc(C(C)(C)O)cc2c1c1ncc(-c3c(C)ncn3C)cc1n2C(c1ccccc1F)C1CCOCC1.COc1cc(C(C)(C)O)cc2c1c1ncc(-c3c(C)ncn3C)cc1n2C(c1ccccc1F)C1CCOCC1. The second-order valence-corrected chi connectivity index (χ2v) is 22.6. The van der Waals surface area contributed by atoms with Gasteiger partial charge in [0.1, 0.15) is 23.1 Å². The normalized spacial score (nSPS) is 15.7. The summed E-state index contributed by atoms with van der Waals surface area (Å²) in [4.78, 5) is 19.0. The zero-order chi connectivity index (χ0) is 56.4. The van der Waals surface area contributed by atoms with E-state index >= 15 is 8.78 Å². The highest BCUT2D eigenvalue weighted by atomic mass is 19.1. The van der Waals surface area contributed by atoms with Crippen LogP contribution in [0.25, 0.3) is 66.4 Å². The molecule has 2 fully saturated rings. The second-order valence-electron chi connectivity index (χ2n) is 22.6. The van der Waals surface area contributed by atoms with Crippen LogP contribution in [0.5, 0.6) is 11.5 Å². The quantitative estimate of drug-likeness (QED) is 0.121. The number of methoxy groups -OCH3 is 2. The summed E-state index contributed by atoms with van der Waals surface area (Å²) in [6.07, 6.45) is 10.5. The molecule has 6 aromatic heterocycles. The third-order valence-corrected chi connectivity index (χ3v) is 16.5. The minimum Gasteiger partial charge on any atom is -0.496 e. The largest absolute Gasteiger partial charge is 0.496 e. The van der Waals surface area contributed by atoms with Crippen molar-refractivity contribution < 1.29 is 37.9 Å². The standard InChI is InChI=1S/2C32H35FN4O3/c2*1-19-30(36(4)18-35-19)21-14-26-29(34-17-21)28-25(15-22(32(2,3)38)16-27(28)39-5)37(26)31(20-10-12-40-13-11-20)23-8-6-7-9-24(23)33/h2*6-9,14-18,20,31,38H,10-13H2,1-5H3. The number of benzene rings is 4. The number of aromatic nitrogens is 8. The van der Waals surface area contributed by atoms with Crippen LogP contribution >= 0.6 is 0 Å². The number of fused-ring (bicyclic) bond motifs is 6. The maximum absolute atomic E-state index is 15.7. The van der Waals surface area contributed by atoms with Crippen molar-refractivity contribution in [3.8, 4) is 34.0 Å². The summed E-state index contributed by atoms with van der Waals surface area (Å²) in [7, 11) is 7.20. The molecule has 12 rings (SSSR count). The predicted octanol–water partition coefficient (Wildman–Crippen LogP) is 12.6. The Morgan fingerprint density at radius 2 is 0.925 bits per heavy atom. The monoisotopic (exact) mass is 1080 g/mol. The van der Waals surface area contributed by atoms with E-state index in [1.54, 1.807) is 66.7 Å². The van der Waals surface area contributed by atoms with E-state index in [1.165, 1.54) is 12.1 Å². The van der Waals surface area contributed by atoms with Crippen LogP contribution < -0.4 is 9.47 Å². The Morgan fingerprint density at radius 3 is 1.25 bits per heavy atom. The van der Waals surface area contributed by atoms with Gasteiger partial charge in [-0.3, -0.25) is 9.97 Å². The van der Waals surface area contributed by atoms with Gasteiger partial charge in [0.2, 0.25) is 0 Å². The molecular weight excluding hydrogens is 1010 g/mol. The fourth-order valence-corrected chi connectivity index (χ4v) is 12.5. The lowest BCUT2D eigenvalue weighted by molar-refractivity contribution is 0.0547. The van der Waals surface area contributed by atoms with Gasteiger partial charge in [-0.25, -0.2) is 18.7 Å². The fourth-order valence-electron chi connectivity index (χ4n) is 12.5. The summed E-state index contributed by atoms with van der Waals surface area (Å²) in [6, 6.07) is 25.4. The minimum absolute atomic E-state index is 0.128. The van der Waals surface area contributed by atoms with Gasteiger partial charge in [0.25, 0.3) is 0 Å². The topological polar surface area (TPSA) is 149 Å². The number of imidazole rings is 2. The molecule has 8 heterocycles. The van der Waals surface area contributed by atoms with Crippen LogP contribution in [0.4, 0.5) is 8.78 Å². The lowest BCUT2D eigenvalue weighted by Gasteiger charge is -2.33. The minimum atomic E-state index is -1.11. The van der Waals surface area contributed by atoms with E-state index in [-0.39, 0.29) is 35.6 Å². The van der Waals surface area contributed by atoms with Crippen LogP contribution in [0.2, 0.25) is 0 Å². The molecule has 2 atom stereocenters. The zero-order valence-electron chi connectivity index (χ0n) is 47.2. The summed E-state index contributed by atoms with van der Waals surface area (Å²) < 4.78 is 63.0. The van der Waals surface area contributed by atoms with Gasteiger partial charge in [-0.2, -0.15) is 0 Å². The maximum Gasteiger partial charge on any atom is 0.130 e. The second kappa shape index (κ2) is 21.5. The van der Waals surface area contributed by atoms with Gasteiger partial charge in [-0.1, -0.05) is 36.4 Å². The van der Waals surface area contributed by atoms with E-state index in [0.29, 0.717) is 60.2 Å². The first-order valence-corrected chi connectivity index (χ1v) is 27.5. The molecule has 0 bridgehead atoms. The first-order chi connectivity index (χ1) is 38.4. The van der Waals surface area contributed by atoms with E-state index < -0.39 is 11.2 Å². The molecule has 416 valence electrons. The molecule has 80 heavy (non-hydrogen) atoms. The van der Waals surface area contributed by atoms with Crippen molar-refractivity contribution in [3.05, 3.63) is 155 Å². The Labute approximate surface area is 464 Å². The van der Waals surface area contributed by atoms with Crippen LogP contribution in [0.1, 0.15) is 99.1 Å². The molecular formula is C64H70F2N8O6. The highest BCUT2D eigenvalue weighted by Crippen LogP contribution is 2.48. The molecule has 16 heteroatoms. The summed E-state index contributed by atoms with van der Waals surface area (Å²) in [6.45, 7) is 13.5. The molecule has 2 aliphatic heterocycles. The van der Waals surface area contributed by atoms with Gasteiger partial charge in [0.15, 0.2) is 0 Å². The van der Waals surface area contributed by atoms with E-state index in [9.17, 15) is 10.2 Å². The fraction of sp³-hybridized carbons (Fsp3) is 0.375. The van der Waals surface area contributed by atoms with Crippen LogP contribution in [0, 0.1) is 37.3 Å². The van der Waals surface area contributed by atoms with Gasteiger partial charge in [0.05, 0.1) is 117 Å². The predicted molar refractivity (Wildman–Crippen MR) is 308 cm³/mol. The average molecular weight is 1090 g/mol. The smallest absolute Gasteiger partial charge is 0.130 e. The Morgan fingerprint density at radius 1 is 0.550 bits per heavy atom. The van der Waals surface area contributed by atoms with E-state index in [1.807, 2.05) is 98.0 Å². The van der Waals surface area contributed by atoms with Crippen LogP contribution in [0.15, 0.2) is 110 Å². The van der Waals surface area contributed by atoms with Crippen molar-refractivity contribution in [1.82, 2.24) is 38.2 Å². The van der Waals surface area contributed by atoms with E-state index in [2.05, 4.69) is 31.2 Å². The lowest BCUT2D eigenvalue weighted by Crippen LogP contribution is -2.27. The van der Waals surface area contributed by atoms with Gasteiger partial charge in [-0.15, -0.1) is 0 Å². The molecule has 0 aliphatic carbocycles. The number of ether oxygens (including phenoxy) is 4. The summed E-state index contributed by atoms with van der Waals surface area (Å²) in [5, 5.41) is 23.8. The molecule has 0 amide bonds. The third-order valence-electron chi connectivity index (χ3n) is 16.5. The number of nitrogens with zero attached hydrogens (tertiary/aromatic N) is 8. The molecule has 0 saturated carbocycles. The number of hydrogen-bond acceptors (Lipinski definition) is 10. The zero-order valence-corrected chi connectivity index (χ0v) is 47.2. The van der Waals surface area contributed by atoms with Crippen molar-refractivity contribution in [3.63, 3.8) is 0 Å². The molecule has 0 radical (unpaired) electrons. The van der Waals surface area contributed by atoms with Gasteiger partial charge >= 0.3 is 0 Å². The number of halogens is 2. The van der Waals surface area contributed by atoms with Gasteiger partial charge in [0, 0.05) is 75.2 Å². The van der Waals surface area contributed by atoms with E-state index in [4.69, 9.17) is 28.9 Å². The lowest BCUT2D eigenvalue weighted by atomic mass is 9.86. The van der Waals surface area contributed by atoms with Crippen LogP contribution in [-0.2, 0) is 34.8 Å². The molecule has 4 aromatic carbocycles. The molecule has 0 spiro atoms. The molecule has 2 aliphatic rings. The first kappa shape index (κ1) is 54.5. The van der Waals surface area contributed by atoms with E-state index in [0.717, 1.165) is 103 Å². The van der Waals surface area contributed by atoms with Crippen molar-refractivity contribution in [1.29, 1.82) is 0 Å². The number of hydrogen-bond donors (Lipinski definition) is 2. The number of aryl methyl sites for hydroxylation is 4. The Kier molecular flexibility index (Phi) is 14.6. The van der Waals surface area contributed by atoms with Crippen molar-refractivity contribution in [2.45, 2.75) is 90.5 Å². The van der Waals surface area contributed by atoms with Crippen molar-refractivity contribution in [2.75, 3.05) is 40.6 Å². The Bertz CT molecular complexity index is 3630. The van der Waals surface area contributed by atoms with Crippen LogP contribution in [0.3, 0.4) is 0 Å². The first-order valence-electron chi connectivity index (χ1n) is 27.5. The average Bonchev–Trinajstić information content (AvgIpc) is 4.19. The highest BCUT2D eigenvalue weighted by molar-refractivity contribution is 6.11. The highest BCUT2D eigenvalue weighted by Gasteiger charge is 2.36. The summed E-state index contributed by atoms with van der Waals surface area (Å²) >= 11 is 0. The molecule has 2 unspecified atom stereocenters. The van der Waals surface area contributed by atoms with Crippen molar-refractivity contribution >= 4 is 43.9 Å². The summed E-state index contributed by atoms with van der Waals surface area (Å²) in [5.74, 6) is 1.01. The van der Waals surface area contributed by atoms with Gasteiger partial charge in [-0.05, 0) is 139 Å². The molecule has 10 aromatic rings. The molecule has 2 N–H and O–H groups in total. The maximum atomic E-state index is 15.7. The Hall–Kier alpha value is -7.50. The Balaban J connectivity index is 0.000000169. The van der Waals surface area contributed by atoms with Gasteiger partial charge < -0.3 is 47.4 Å². The molecule has 14 nitrogen and oxygen atoms in total. The molecule has 2 saturated heterocycles. The number of rotatable bonds is 12. The van der Waals surface area contributed by atoms with Crippen molar-refractivity contribution in [2.24, 2.45) is 25.9 Å². The number of pyridine rings is 2. The van der Waals surface area contributed by atoms with Crippen LogP contribution in [-0.4, -0.2) is 89.1 Å². The summed E-state index contributed by atoms with van der Waals surface area (Å²) in [5.41, 5.74) is 11.0. The third kappa shape index (κ3) is 9.79.